The van der Waals surface area contributed by atoms with Gasteiger partial charge in [0, 0.05) is 25.4 Å². The molecule has 26 heavy (non-hydrogen) atoms. The second-order valence-electron chi connectivity index (χ2n) is 6.64. The van der Waals surface area contributed by atoms with Crippen molar-refractivity contribution in [3.05, 3.63) is 66.0 Å². The second kappa shape index (κ2) is 8.65. The van der Waals surface area contributed by atoms with Gasteiger partial charge in [-0.1, -0.05) is 56.3 Å². The molecule has 0 radical (unpaired) electrons. The number of nitrogens with one attached hydrogen (secondary N) is 1. The van der Waals surface area contributed by atoms with Crippen molar-refractivity contribution in [3.63, 3.8) is 0 Å². The Labute approximate surface area is 155 Å². The Kier molecular flexibility index (Phi) is 6.05. The second-order valence-corrected chi connectivity index (χ2v) is 6.64. The molecule has 3 aromatic rings. The number of aromatic nitrogens is 2. The van der Waals surface area contributed by atoms with Gasteiger partial charge in [-0.05, 0) is 30.5 Å². The van der Waals surface area contributed by atoms with Crippen LogP contribution in [0.1, 0.15) is 38.1 Å². The van der Waals surface area contributed by atoms with E-state index in [0.29, 0.717) is 6.54 Å². The van der Waals surface area contributed by atoms with E-state index in [-0.39, 0.29) is 11.8 Å². The number of hydrogen-bond acceptors (Lipinski definition) is 2. The predicted octanol–water partition coefficient (Wildman–Crippen LogP) is 4.18. The molecule has 136 valence electrons. The minimum absolute atomic E-state index is 0.109. The van der Waals surface area contributed by atoms with E-state index in [4.69, 9.17) is 4.98 Å². The number of benzene rings is 2. The Morgan fingerprint density at radius 1 is 1.04 bits per heavy atom. The van der Waals surface area contributed by atoms with Gasteiger partial charge in [0.25, 0.3) is 0 Å². The number of carbonyl (C=O) groups is 1. The molecule has 0 aliphatic rings. The number of hydrogen-bond donors (Lipinski definition) is 1. The van der Waals surface area contributed by atoms with Crippen molar-refractivity contribution in [1.82, 2.24) is 14.9 Å². The summed E-state index contributed by atoms with van der Waals surface area (Å²) in [5.74, 6) is 1.28. The van der Waals surface area contributed by atoms with Crippen LogP contribution in [0.25, 0.3) is 11.0 Å². The number of rotatable bonds is 8. The molecule has 2 aromatic carbocycles. The average Bonchev–Trinajstić information content (AvgIpc) is 3.01. The molecule has 0 saturated carbocycles. The van der Waals surface area contributed by atoms with E-state index in [1.165, 1.54) is 5.56 Å². The fourth-order valence-electron chi connectivity index (χ4n) is 3.36. The number of amides is 1. The van der Waals surface area contributed by atoms with Gasteiger partial charge in [-0.15, -0.1) is 0 Å². The molecule has 1 N–H and O–H groups in total. The largest absolute Gasteiger partial charge is 0.355 e. The van der Waals surface area contributed by atoms with Gasteiger partial charge in [0.15, 0.2) is 0 Å². The third kappa shape index (κ3) is 4.13. The van der Waals surface area contributed by atoms with E-state index >= 15 is 0 Å². The zero-order valence-corrected chi connectivity index (χ0v) is 15.6. The maximum Gasteiger partial charge on any atom is 0.223 e. The lowest BCUT2D eigenvalue weighted by Gasteiger charge is -2.13. The minimum atomic E-state index is 0.109. The monoisotopic (exact) mass is 349 g/mol. The van der Waals surface area contributed by atoms with Crippen molar-refractivity contribution in [2.24, 2.45) is 5.92 Å². The first-order valence-corrected chi connectivity index (χ1v) is 9.48. The van der Waals surface area contributed by atoms with Gasteiger partial charge in [-0.3, -0.25) is 4.79 Å². The smallest absolute Gasteiger partial charge is 0.223 e. The molecule has 0 spiro atoms. The summed E-state index contributed by atoms with van der Waals surface area (Å²) < 4.78 is 2.26. The summed E-state index contributed by atoms with van der Waals surface area (Å²) in [5, 5.41) is 3.08. The van der Waals surface area contributed by atoms with Crippen LogP contribution >= 0.6 is 0 Å². The lowest BCUT2D eigenvalue weighted by atomic mass is 10.0. The van der Waals surface area contributed by atoms with Gasteiger partial charge in [0.05, 0.1) is 11.0 Å². The number of fused-ring (bicyclic) bond motifs is 1. The Morgan fingerprint density at radius 3 is 2.46 bits per heavy atom. The first-order valence-electron chi connectivity index (χ1n) is 9.48. The number of nitrogens with zero attached hydrogens (tertiary/aromatic N) is 2. The average molecular weight is 349 g/mol. The Balaban J connectivity index is 1.77. The van der Waals surface area contributed by atoms with E-state index in [0.717, 1.165) is 42.7 Å². The highest BCUT2D eigenvalue weighted by atomic mass is 16.1. The molecule has 0 fully saturated rings. The summed E-state index contributed by atoms with van der Waals surface area (Å²) in [6, 6.07) is 18.6. The number of para-hydroxylation sites is 2. The van der Waals surface area contributed by atoms with E-state index in [2.05, 4.69) is 54.1 Å². The third-order valence-electron chi connectivity index (χ3n) is 4.92. The fourth-order valence-corrected chi connectivity index (χ4v) is 3.36. The zero-order chi connectivity index (χ0) is 18.4. The standard InChI is InChI=1S/C22H27N3O/c1-3-18(4-2)22(26)23-15-14-21-24-19-12-8-9-13-20(19)25(21)16-17-10-6-5-7-11-17/h5-13,18H,3-4,14-16H2,1-2H3,(H,23,26). The topological polar surface area (TPSA) is 46.9 Å². The molecule has 3 rings (SSSR count). The van der Waals surface area contributed by atoms with Crippen molar-refractivity contribution in [2.75, 3.05) is 6.54 Å². The van der Waals surface area contributed by atoms with Crippen LogP contribution in [0.4, 0.5) is 0 Å². The van der Waals surface area contributed by atoms with Gasteiger partial charge in [-0.25, -0.2) is 4.98 Å². The highest BCUT2D eigenvalue weighted by Crippen LogP contribution is 2.18. The Hall–Kier alpha value is -2.62. The highest BCUT2D eigenvalue weighted by molar-refractivity contribution is 5.78. The molecular formula is C22H27N3O. The Bertz CT molecular complexity index is 850. The van der Waals surface area contributed by atoms with Crippen LogP contribution in [-0.2, 0) is 17.8 Å². The van der Waals surface area contributed by atoms with E-state index in [1.54, 1.807) is 0 Å². The van der Waals surface area contributed by atoms with E-state index in [9.17, 15) is 4.79 Å². The molecule has 0 aliphatic heterocycles. The number of imidazole rings is 1. The van der Waals surface area contributed by atoms with E-state index < -0.39 is 0 Å². The SMILES string of the molecule is CCC(CC)C(=O)NCCc1nc2ccccc2n1Cc1ccccc1. The molecular weight excluding hydrogens is 322 g/mol. The molecule has 0 bridgehead atoms. The minimum Gasteiger partial charge on any atom is -0.355 e. The normalized spacial score (nSPS) is 11.2. The molecule has 0 aliphatic carbocycles. The van der Waals surface area contributed by atoms with Crippen LogP contribution in [-0.4, -0.2) is 22.0 Å². The quantitative estimate of drug-likeness (QED) is 0.663. The van der Waals surface area contributed by atoms with Crippen molar-refractivity contribution < 1.29 is 4.79 Å². The van der Waals surface area contributed by atoms with Gasteiger partial charge in [0.2, 0.25) is 5.91 Å². The summed E-state index contributed by atoms with van der Waals surface area (Å²) in [5.41, 5.74) is 3.39. The van der Waals surface area contributed by atoms with Crippen molar-refractivity contribution in [2.45, 2.75) is 39.7 Å². The summed E-state index contributed by atoms with van der Waals surface area (Å²) >= 11 is 0. The molecule has 1 aromatic heterocycles. The van der Waals surface area contributed by atoms with E-state index in [1.807, 2.05) is 24.3 Å². The lowest BCUT2D eigenvalue weighted by Crippen LogP contribution is -2.32. The van der Waals surface area contributed by atoms with Crippen molar-refractivity contribution >= 4 is 16.9 Å². The first-order chi connectivity index (χ1) is 12.7. The molecule has 4 nitrogen and oxygen atoms in total. The van der Waals surface area contributed by atoms with Crippen LogP contribution in [0.3, 0.4) is 0 Å². The van der Waals surface area contributed by atoms with Gasteiger partial charge >= 0.3 is 0 Å². The highest BCUT2D eigenvalue weighted by Gasteiger charge is 2.15. The van der Waals surface area contributed by atoms with Gasteiger partial charge in [-0.2, -0.15) is 0 Å². The van der Waals surface area contributed by atoms with Crippen molar-refractivity contribution in [3.8, 4) is 0 Å². The van der Waals surface area contributed by atoms with Crippen LogP contribution < -0.4 is 5.32 Å². The van der Waals surface area contributed by atoms with Crippen LogP contribution in [0.2, 0.25) is 0 Å². The molecule has 4 heteroatoms. The Morgan fingerprint density at radius 2 is 1.73 bits per heavy atom. The molecule has 0 saturated heterocycles. The summed E-state index contributed by atoms with van der Waals surface area (Å²) in [7, 11) is 0. The fraction of sp³-hybridized carbons (Fsp3) is 0.364. The molecule has 0 atom stereocenters. The number of carbonyl (C=O) groups excluding carboxylic acids is 1. The third-order valence-corrected chi connectivity index (χ3v) is 4.92. The molecule has 1 heterocycles. The van der Waals surface area contributed by atoms with Crippen LogP contribution in [0, 0.1) is 5.92 Å². The first kappa shape index (κ1) is 18.2. The maximum absolute atomic E-state index is 12.2. The zero-order valence-electron chi connectivity index (χ0n) is 15.6. The summed E-state index contributed by atoms with van der Waals surface area (Å²) in [6.45, 7) is 5.53. The van der Waals surface area contributed by atoms with Gasteiger partial charge in [0.1, 0.15) is 5.82 Å². The maximum atomic E-state index is 12.2. The summed E-state index contributed by atoms with van der Waals surface area (Å²) in [4.78, 5) is 17.0. The predicted molar refractivity (Wildman–Crippen MR) is 106 cm³/mol. The lowest BCUT2D eigenvalue weighted by molar-refractivity contribution is -0.125. The summed E-state index contributed by atoms with van der Waals surface area (Å²) in [6.07, 6.45) is 2.50. The van der Waals surface area contributed by atoms with Gasteiger partial charge < -0.3 is 9.88 Å². The van der Waals surface area contributed by atoms with Crippen molar-refractivity contribution in [1.29, 1.82) is 0 Å². The molecule has 1 amide bonds. The molecule has 0 unspecified atom stereocenters. The van der Waals surface area contributed by atoms with Crippen LogP contribution in [0.5, 0.6) is 0 Å². The van der Waals surface area contributed by atoms with Crippen LogP contribution in [0.15, 0.2) is 54.6 Å².